The van der Waals surface area contributed by atoms with E-state index in [1.807, 2.05) is 30.0 Å². The molecule has 2 N–H and O–H groups in total. The molecule has 0 saturated carbocycles. The number of guanidine groups is 1. The second-order valence-electron chi connectivity index (χ2n) is 7.06. The maximum absolute atomic E-state index is 12.6. The highest BCUT2D eigenvalue weighted by atomic mass is 32.1. The predicted octanol–water partition coefficient (Wildman–Crippen LogP) is 2.19. The van der Waals surface area contributed by atoms with Crippen LogP contribution in [0.15, 0.2) is 40.7 Å². The van der Waals surface area contributed by atoms with Gasteiger partial charge >= 0.3 is 0 Å². The standard InChI is InChI=1S/C21H26N4O2S/c1-2-22-21(23-12-17-11-15-5-3-4-6-18(15)27-17)24-13-20(26)25-9-7-19-16(14-25)8-10-28-19/h3-6,8,10,17H,2,7,9,11-14H2,1H3,(H2,22,23,24). The number of thiophene rings is 1. The van der Waals surface area contributed by atoms with Crippen molar-refractivity contribution in [2.24, 2.45) is 4.99 Å². The molecule has 1 atom stereocenters. The van der Waals surface area contributed by atoms with Crippen LogP contribution in [0.1, 0.15) is 22.9 Å². The number of para-hydroxylation sites is 1. The van der Waals surface area contributed by atoms with E-state index in [2.05, 4.69) is 33.1 Å². The lowest BCUT2D eigenvalue weighted by Gasteiger charge is -2.26. The van der Waals surface area contributed by atoms with Crippen molar-refractivity contribution in [3.63, 3.8) is 0 Å². The third-order valence-electron chi connectivity index (χ3n) is 5.09. The van der Waals surface area contributed by atoms with Gasteiger partial charge in [-0.1, -0.05) is 18.2 Å². The minimum atomic E-state index is 0.0681. The first-order chi connectivity index (χ1) is 13.7. The summed E-state index contributed by atoms with van der Waals surface area (Å²) >= 11 is 1.78. The van der Waals surface area contributed by atoms with Gasteiger partial charge in [0.15, 0.2) is 5.96 Å². The molecule has 2 aromatic rings. The molecule has 0 spiro atoms. The summed E-state index contributed by atoms with van der Waals surface area (Å²) in [7, 11) is 0. The van der Waals surface area contributed by atoms with Crippen LogP contribution in [-0.2, 0) is 24.2 Å². The SMILES string of the molecule is CCNC(=NCC(=O)N1CCc2sccc2C1)NCC1Cc2ccccc2O1. The topological polar surface area (TPSA) is 66.0 Å². The van der Waals surface area contributed by atoms with Gasteiger partial charge in [0.2, 0.25) is 5.91 Å². The minimum absolute atomic E-state index is 0.0681. The van der Waals surface area contributed by atoms with E-state index in [-0.39, 0.29) is 18.6 Å². The van der Waals surface area contributed by atoms with Gasteiger partial charge in [-0.15, -0.1) is 11.3 Å². The van der Waals surface area contributed by atoms with Crippen LogP contribution in [-0.4, -0.2) is 49.0 Å². The molecule has 0 saturated heterocycles. The highest BCUT2D eigenvalue weighted by Crippen LogP contribution is 2.27. The molecule has 0 radical (unpaired) electrons. The van der Waals surface area contributed by atoms with Gasteiger partial charge in [0.1, 0.15) is 18.4 Å². The summed E-state index contributed by atoms with van der Waals surface area (Å²) in [6.07, 6.45) is 1.91. The Labute approximate surface area is 169 Å². The molecule has 0 fully saturated rings. The molecule has 4 rings (SSSR count). The van der Waals surface area contributed by atoms with Gasteiger partial charge in [-0.2, -0.15) is 0 Å². The maximum atomic E-state index is 12.6. The number of benzene rings is 1. The Morgan fingerprint density at radius 3 is 3.04 bits per heavy atom. The Kier molecular flexibility index (Phi) is 5.81. The number of hydrogen-bond donors (Lipinski definition) is 2. The van der Waals surface area contributed by atoms with E-state index in [1.165, 1.54) is 16.0 Å². The molecule has 0 aliphatic carbocycles. The average molecular weight is 399 g/mol. The number of rotatable bonds is 5. The van der Waals surface area contributed by atoms with Crippen LogP contribution in [0.2, 0.25) is 0 Å². The number of amides is 1. The Hall–Kier alpha value is -2.54. The lowest BCUT2D eigenvalue weighted by Crippen LogP contribution is -2.43. The van der Waals surface area contributed by atoms with Crippen molar-refractivity contribution in [1.82, 2.24) is 15.5 Å². The Morgan fingerprint density at radius 2 is 2.18 bits per heavy atom. The van der Waals surface area contributed by atoms with Crippen molar-refractivity contribution in [1.29, 1.82) is 0 Å². The first-order valence-corrected chi connectivity index (χ1v) is 10.7. The van der Waals surface area contributed by atoms with Gasteiger partial charge in [-0.05, 0) is 42.0 Å². The van der Waals surface area contributed by atoms with Gasteiger partial charge < -0.3 is 20.3 Å². The molecular weight excluding hydrogens is 372 g/mol. The average Bonchev–Trinajstić information content (AvgIpc) is 3.35. The van der Waals surface area contributed by atoms with E-state index in [9.17, 15) is 4.79 Å². The monoisotopic (exact) mass is 398 g/mol. The van der Waals surface area contributed by atoms with Gasteiger partial charge in [0.25, 0.3) is 0 Å². The predicted molar refractivity (Wildman–Crippen MR) is 112 cm³/mol. The van der Waals surface area contributed by atoms with Crippen LogP contribution in [0, 0.1) is 0 Å². The summed E-state index contributed by atoms with van der Waals surface area (Å²) in [5, 5.41) is 8.63. The number of nitrogens with one attached hydrogen (secondary N) is 2. The first kappa shape index (κ1) is 18.8. The number of fused-ring (bicyclic) bond motifs is 2. The van der Waals surface area contributed by atoms with Gasteiger partial charge in [0.05, 0.1) is 6.54 Å². The molecule has 1 aromatic carbocycles. The highest BCUT2D eigenvalue weighted by Gasteiger charge is 2.23. The molecule has 148 valence electrons. The first-order valence-electron chi connectivity index (χ1n) is 9.82. The van der Waals surface area contributed by atoms with E-state index in [0.717, 1.165) is 31.7 Å². The maximum Gasteiger partial charge on any atom is 0.244 e. The van der Waals surface area contributed by atoms with E-state index in [4.69, 9.17) is 4.74 Å². The van der Waals surface area contributed by atoms with Crippen LogP contribution in [0.3, 0.4) is 0 Å². The van der Waals surface area contributed by atoms with Crippen molar-refractivity contribution in [3.05, 3.63) is 51.7 Å². The van der Waals surface area contributed by atoms with Crippen LogP contribution < -0.4 is 15.4 Å². The molecule has 1 amide bonds. The van der Waals surface area contributed by atoms with Crippen LogP contribution in [0.5, 0.6) is 5.75 Å². The third-order valence-corrected chi connectivity index (χ3v) is 6.11. The Bertz CT molecular complexity index is 839. The second-order valence-corrected chi connectivity index (χ2v) is 8.06. The van der Waals surface area contributed by atoms with Gasteiger partial charge in [0, 0.05) is 30.9 Å². The van der Waals surface area contributed by atoms with E-state index < -0.39 is 0 Å². The fourth-order valence-corrected chi connectivity index (χ4v) is 4.52. The number of hydrogen-bond acceptors (Lipinski definition) is 4. The smallest absolute Gasteiger partial charge is 0.244 e. The van der Waals surface area contributed by atoms with E-state index in [1.54, 1.807) is 11.3 Å². The summed E-state index contributed by atoms with van der Waals surface area (Å²) in [5.74, 6) is 1.69. The number of aliphatic imine (C=N–C) groups is 1. The summed E-state index contributed by atoms with van der Waals surface area (Å²) < 4.78 is 5.96. The second kappa shape index (κ2) is 8.65. The number of nitrogens with zero attached hydrogens (tertiary/aromatic N) is 2. The largest absolute Gasteiger partial charge is 0.488 e. The molecule has 6 nitrogen and oxygen atoms in total. The van der Waals surface area contributed by atoms with Crippen molar-refractivity contribution in [2.45, 2.75) is 32.4 Å². The Balaban J connectivity index is 1.29. The van der Waals surface area contributed by atoms with E-state index >= 15 is 0 Å². The fourth-order valence-electron chi connectivity index (χ4n) is 3.63. The molecule has 2 aliphatic rings. The van der Waals surface area contributed by atoms with Crippen molar-refractivity contribution >= 4 is 23.2 Å². The molecule has 3 heterocycles. The van der Waals surface area contributed by atoms with Crippen LogP contribution in [0.25, 0.3) is 0 Å². The molecule has 2 aliphatic heterocycles. The zero-order valence-electron chi connectivity index (χ0n) is 16.1. The van der Waals surface area contributed by atoms with Crippen molar-refractivity contribution in [3.8, 4) is 5.75 Å². The van der Waals surface area contributed by atoms with Gasteiger partial charge in [-0.3, -0.25) is 4.79 Å². The zero-order chi connectivity index (χ0) is 19.3. The minimum Gasteiger partial charge on any atom is -0.488 e. The third kappa shape index (κ3) is 4.30. The summed E-state index contributed by atoms with van der Waals surface area (Å²) in [5.41, 5.74) is 2.51. The number of ether oxygens (including phenoxy) is 1. The molecule has 1 unspecified atom stereocenters. The molecule has 7 heteroatoms. The molecular formula is C21H26N4O2S. The van der Waals surface area contributed by atoms with Crippen molar-refractivity contribution < 1.29 is 9.53 Å². The van der Waals surface area contributed by atoms with Crippen LogP contribution in [0.4, 0.5) is 0 Å². The van der Waals surface area contributed by atoms with Crippen LogP contribution >= 0.6 is 11.3 Å². The quantitative estimate of drug-likeness (QED) is 0.599. The summed E-state index contributed by atoms with van der Waals surface area (Å²) in [4.78, 5) is 20.4. The van der Waals surface area contributed by atoms with Crippen molar-refractivity contribution in [2.75, 3.05) is 26.2 Å². The summed E-state index contributed by atoms with van der Waals surface area (Å²) in [6.45, 7) is 5.04. The molecule has 0 bridgehead atoms. The van der Waals surface area contributed by atoms with E-state index in [0.29, 0.717) is 19.0 Å². The number of carbonyl (C=O) groups is 1. The molecule has 1 aromatic heterocycles. The summed E-state index contributed by atoms with van der Waals surface area (Å²) in [6, 6.07) is 10.3. The lowest BCUT2D eigenvalue weighted by molar-refractivity contribution is -0.130. The molecule has 28 heavy (non-hydrogen) atoms. The Morgan fingerprint density at radius 1 is 1.29 bits per heavy atom. The number of carbonyl (C=O) groups excluding carboxylic acids is 1. The highest BCUT2D eigenvalue weighted by molar-refractivity contribution is 7.10. The lowest BCUT2D eigenvalue weighted by atomic mass is 10.1. The normalized spacial score (nSPS) is 18.2. The van der Waals surface area contributed by atoms with Gasteiger partial charge in [-0.25, -0.2) is 4.99 Å². The fraction of sp³-hybridized carbons (Fsp3) is 0.429. The zero-order valence-corrected chi connectivity index (χ0v) is 16.9.